The zero-order valence-corrected chi connectivity index (χ0v) is 5.27. The minimum Gasteiger partial charge on any atom is -0.386 e. The topological polar surface area (TPSA) is 20.2 Å². The lowest BCUT2D eigenvalue weighted by atomic mass is 10.2. The fourth-order valence-corrected chi connectivity index (χ4v) is 0.484. The minimum absolute atomic E-state index is 0.208. The van der Waals surface area contributed by atoms with Crippen LogP contribution in [0.3, 0.4) is 0 Å². The number of halogens is 2. The van der Waals surface area contributed by atoms with Crippen molar-refractivity contribution in [2.24, 2.45) is 0 Å². The fourth-order valence-electron chi connectivity index (χ4n) is 0.484. The minimum atomic E-state index is -1.25. The lowest BCUT2D eigenvalue weighted by Crippen LogP contribution is -2.05. The molecule has 0 bridgehead atoms. The summed E-state index contributed by atoms with van der Waals surface area (Å²) < 4.78 is 23.2. The fraction of sp³-hybridized carbons (Fsp3) is 0.667. The molecule has 0 amide bonds. The Kier molecular flexibility index (Phi) is 4.22. The Bertz CT molecular complexity index is 101. The molecule has 0 saturated heterocycles. The lowest BCUT2D eigenvalue weighted by molar-refractivity contribution is 0.169. The molecule has 1 nitrogen and oxygen atoms in total. The van der Waals surface area contributed by atoms with E-state index in [-0.39, 0.29) is 12.8 Å². The first kappa shape index (κ1) is 8.56. The molecule has 54 valence electrons. The Morgan fingerprint density at radius 3 is 2.67 bits per heavy atom. The van der Waals surface area contributed by atoms with Gasteiger partial charge in [0.15, 0.2) is 5.83 Å². The van der Waals surface area contributed by atoms with Crippen LogP contribution in [0.25, 0.3) is 0 Å². The van der Waals surface area contributed by atoms with Crippen molar-refractivity contribution in [1.82, 2.24) is 0 Å². The van der Waals surface area contributed by atoms with Crippen molar-refractivity contribution >= 4 is 0 Å². The third-order valence-electron chi connectivity index (χ3n) is 0.985. The maximum absolute atomic E-state index is 11.9. The Morgan fingerprint density at radius 1 is 1.78 bits per heavy atom. The van der Waals surface area contributed by atoms with Gasteiger partial charge in [0.25, 0.3) is 0 Å². The monoisotopic (exact) mass is 136 g/mol. The lowest BCUT2D eigenvalue weighted by Gasteiger charge is -2.02. The molecule has 0 aliphatic heterocycles. The van der Waals surface area contributed by atoms with Gasteiger partial charge in [-0.3, -0.25) is 0 Å². The summed E-state index contributed by atoms with van der Waals surface area (Å²) in [5, 5.41) is 8.63. The van der Waals surface area contributed by atoms with Crippen molar-refractivity contribution in [3.8, 4) is 0 Å². The van der Waals surface area contributed by atoms with Crippen molar-refractivity contribution < 1.29 is 13.9 Å². The van der Waals surface area contributed by atoms with Gasteiger partial charge in [0, 0.05) is 0 Å². The smallest absolute Gasteiger partial charge is 0.156 e. The predicted octanol–water partition coefficient (Wildman–Crippen LogP) is 1.93. The number of hydrogen-bond donors (Lipinski definition) is 1. The Hall–Kier alpha value is -0.440. The molecular formula is C6H10F2O. The molecule has 1 unspecified atom stereocenters. The molecule has 0 saturated carbocycles. The van der Waals surface area contributed by atoms with Crippen molar-refractivity contribution in [1.29, 1.82) is 0 Å². The van der Waals surface area contributed by atoms with Gasteiger partial charge in [-0.25, -0.2) is 8.78 Å². The summed E-state index contributed by atoms with van der Waals surface area (Å²) in [5.74, 6) is -1.09. The average Bonchev–Trinajstić information content (AvgIpc) is 1.87. The van der Waals surface area contributed by atoms with Crippen LogP contribution in [0.5, 0.6) is 0 Å². The van der Waals surface area contributed by atoms with Crippen LogP contribution in [0.4, 0.5) is 8.78 Å². The zero-order chi connectivity index (χ0) is 7.28. The highest BCUT2D eigenvalue weighted by atomic mass is 19.2. The highest BCUT2D eigenvalue weighted by Crippen LogP contribution is 2.09. The van der Waals surface area contributed by atoms with Crippen molar-refractivity contribution in [3.63, 3.8) is 0 Å². The first-order valence-electron chi connectivity index (χ1n) is 2.86. The van der Waals surface area contributed by atoms with Gasteiger partial charge in [0.05, 0.1) is 0 Å². The van der Waals surface area contributed by atoms with Crippen LogP contribution in [0.2, 0.25) is 0 Å². The Balaban J connectivity index is 3.59. The molecule has 1 N–H and O–H groups in total. The van der Waals surface area contributed by atoms with E-state index in [1.54, 1.807) is 6.92 Å². The van der Waals surface area contributed by atoms with Gasteiger partial charge >= 0.3 is 0 Å². The second kappa shape index (κ2) is 4.44. The van der Waals surface area contributed by atoms with E-state index in [0.29, 0.717) is 6.42 Å². The molecule has 1 atom stereocenters. The largest absolute Gasteiger partial charge is 0.386 e. The van der Waals surface area contributed by atoms with Gasteiger partial charge in [0.2, 0.25) is 0 Å². The van der Waals surface area contributed by atoms with Crippen molar-refractivity contribution in [3.05, 3.63) is 12.2 Å². The Labute approximate surface area is 53.0 Å². The van der Waals surface area contributed by atoms with E-state index in [1.165, 1.54) is 0 Å². The standard InChI is InChI=1S/C6H10F2O/c1-2-3-6(9)5(8)4-7/h4,6,9H,2-3H2,1H3. The van der Waals surface area contributed by atoms with E-state index in [2.05, 4.69) is 0 Å². The summed E-state index contributed by atoms with van der Waals surface area (Å²) in [5.41, 5.74) is 0. The number of aliphatic hydroxyl groups excluding tert-OH is 1. The number of aliphatic hydroxyl groups is 1. The van der Waals surface area contributed by atoms with Crippen LogP contribution in [-0.4, -0.2) is 11.2 Å². The van der Waals surface area contributed by atoms with Crippen molar-refractivity contribution in [2.75, 3.05) is 0 Å². The van der Waals surface area contributed by atoms with E-state index < -0.39 is 11.9 Å². The summed E-state index contributed by atoms with van der Waals surface area (Å²) in [4.78, 5) is 0. The van der Waals surface area contributed by atoms with Gasteiger partial charge in [-0.15, -0.1) is 0 Å². The molecule has 0 aliphatic carbocycles. The summed E-state index contributed by atoms with van der Waals surface area (Å²) in [6.07, 6.45) is -0.547. The van der Waals surface area contributed by atoms with E-state index in [9.17, 15) is 8.78 Å². The van der Waals surface area contributed by atoms with Gasteiger partial charge in [0.1, 0.15) is 12.4 Å². The third kappa shape index (κ3) is 3.19. The quantitative estimate of drug-likeness (QED) is 0.628. The van der Waals surface area contributed by atoms with Crippen LogP contribution in [0.15, 0.2) is 12.2 Å². The highest BCUT2D eigenvalue weighted by Gasteiger charge is 2.07. The zero-order valence-electron chi connectivity index (χ0n) is 5.27. The summed E-state index contributed by atoms with van der Waals surface area (Å²) >= 11 is 0. The van der Waals surface area contributed by atoms with E-state index in [0.717, 1.165) is 0 Å². The van der Waals surface area contributed by atoms with Crippen LogP contribution in [0.1, 0.15) is 19.8 Å². The highest BCUT2D eigenvalue weighted by molar-refractivity contribution is 4.92. The van der Waals surface area contributed by atoms with Crippen molar-refractivity contribution in [2.45, 2.75) is 25.9 Å². The predicted molar refractivity (Wildman–Crippen MR) is 31.2 cm³/mol. The molecule has 9 heavy (non-hydrogen) atoms. The van der Waals surface area contributed by atoms with Crippen LogP contribution < -0.4 is 0 Å². The molecule has 0 rings (SSSR count). The molecular weight excluding hydrogens is 126 g/mol. The van der Waals surface area contributed by atoms with Crippen LogP contribution in [-0.2, 0) is 0 Å². The second-order valence-electron chi connectivity index (χ2n) is 1.80. The molecule has 0 aromatic heterocycles. The van der Waals surface area contributed by atoms with E-state index in [1.807, 2.05) is 0 Å². The molecule has 3 heteroatoms. The molecule has 0 aromatic rings. The number of hydrogen-bond acceptors (Lipinski definition) is 1. The normalized spacial score (nSPS) is 15.8. The molecule has 0 spiro atoms. The molecule has 0 radical (unpaired) electrons. The van der Waals surface area contributed by atoms with E-state index in [4.69, 9.17) is 5.11 Å². The molecule has 0 heterocycles. The maximum Gasteiger partial charge on any atom is 0.156 e. The molecule has 0 aromatic carbocycles. The van der Waals surface area contributed by atoms with Gasteiger partial charge in [-0.05, 0) is 6.42 Å². The SMILES string of the molecule is CCCC(O)C(F)=CF. The summed E-state index contributed by atoms with van der Waals surface area (Å²) in [7, 11) is 0. The molecule has 0 aliphatic rings. The van der Waals surface area contributed by atoms with Gasteiger partial charge in [-0.2, -0.15) is 0 Å². The maximum atomic E-state index is 11.9. The van der Waals surface area contributed by atoms with Crippen LogP contribution in [0, 0.1) is 0 Å². The second-order valence-corrected chi connectivity index (χ2v) is 1.80. The Morgan fingerprint density at radius 2 is 2.33 bits per heavy atom. The first-order valence-corrected chi connectivity index (χ1v) is 2.86. The summed E-state index contributed by atoms with van der Waals surface area (Å²) in [6, 6.07) is 0. The summed E-state index contributed by atoms with van der Waals surface area (Å²) in [6.45, 7) is 1.79. The van der Waals surface area contributed by atoms with Gasteiger partial charge in [-0.1, -0.05) is 13.3 Å². The molecule has 0 fully saturated rings. The van der Waals surface area contributed by atoms with Crippen LogP contribution >= 0.6 is 0 Å². The first-order chi connectivity index (χ1) is 4.22. The number of rotatable bonds is 3. The van der Waals surface area contributed by atoms with E-state index >= 15 is 0 Å². The third-order valence-corrected chi connectivity index (χ3v) is 0.985. The van der Waals surface area contributed by atoms with Gasteiger partial charge < -0.3 is 5.11 Å². The average molecular weight is 136 g/mol.